The molecule has 0 aliphatic carbocycles. The van der Waals surface area contributed by atoms with Crippen molar-refractivity contribution in [3.8, 4) is 0 Å². The smallest absolute Gasteiger partial charge is 0.287 e. The van der Waals surface area contributed by atoms with E-state index in [1.807, 2.05) is 19.2 Å². The standard InChI is InChI=1S/C18H24N4O4S/c1-12(2)15(20-16(23)14-4-3-7-26-14)17(24)21-18-19-13(11-27-18)10-22-5-8-25-9-6-22/h3-4,7,11-12,15H,5-6,8-10H2,1-2H3,(H,20,23)(H,19,21,24)/t15-/m0/s1. The highest BCUT2D eigenvalue weighted by Crippen LogP contribution is 2.18. The number of carbonyl (C=O) groups is 2. The molecule has 1 aliphatic heterocycles. The third-order valence-electron chi connectivity index (χ3n) is 4.25. The molecule has 9 heteroatoms. The summed E-state index contributed by atoms with van der Waals surface area (Å²) in [5.41, 5.74) is 0.915. The number of anilines is 1. The molecule has 146 valence electrons. The summed E-state index contributed by atoms with van der Waals surface area (Å²) < 4.78 is 10.4. The van der Waals surface area contributed by atoms with Crippen LogP contribution in [0.1, 0.15) is 30.1 Å². The molecule has 2 N–H and O–H groups in total. The molecule has 0 unspecified atom stereocenters. The number of hydrogen-bond donors (Lipinski definition) is 2. The van der Waals surface area contributed by atoms with Gasteiger partial charge in [-0.25, -0.2) is 4.98 Å². The fourth-order valence-electron chi connectivity index (χ4n) is 2.76. The topological polar surface area (TPSA) is 96.7 Å². The van der Waals surface area contributed by atoms with Crippen LogP contribution in [0.15, 0.2) is 28.2 Å². The minimum atomic E-state index is -0.686. The lowest BCUT2D eigenvalue weighted by Crippen LogP contribution is -2.47. The van der Waals surface area contributed by atoms with Crippen LogP contribution >= 0.6 is 11.3 Å². The van der Waals surface area contributed by atoms with Crippen molar-refractivity contribution in [3.05, 3.63) is 35.2 Å². The number of nitrogens with zero attached hydrogens (tertiary/aromatic N) is 2. The summed E-state index contributed by atoms with van der Waals surface area (Å²) in [6, 6.07) is 2.50. The van der Waals surface area contributed by atoms with Crippen LogP contribution in [0.4, 0.5) is 5.13 Å². The number of furan rings is 1. The maximum Gasteiger partial charge on any atom is 0.287 e. The predicted octanol–water partition coefficient (Wildman–Crippen LogP) is 1.96. The zero-order valence-electron chi connectivity index (χ0n) is 15.4. The number of hydrogen-bond acceptors (Lipinski definition) is 7. The Balaban J connectivity index is 1.57. The number of amides is 2. The molecule has 1 saturated heterocycles. The molecule has 3 rings (SSSR count). The van der Waals surface area contributed by atoms with Gasteiger partial charge in [-0.05, 0) is 18.1 Å². The lowest BCUT2D eigenvalue weighted by molar-refractivity contribution is -0.118. The SMILES string of the molecule is CC(C)[C@H](NC(=O)c1ccco1)C(=O)Nc1nc(CN2CCOCC2)cs1. The van der Waals surface area contributed by atoms with Gasteiger partial charge in [0.1, 0.15) is 6.04 Å². The van der Waals surface area contributed by atoms with Crippen molar-refractivity contribution in [1.29, 1.82) is 0 Å². The number of nitrogens with one attached hydrogen (secondary N) is 2. The molecule has 27 heavy (non-hydrogen) atoms. The second kappa shape index (κ2) is 9.12. The first kappa shape index (κ1) is 19.5. The Kier molecular flexibility index (Phi) is 6.59. The van der Waals surface area contributed by atoms with Crippen molar-refractivity contribution in [2.75, 3.05) is 31.6 Å². The summed E-state index contributed by atoms with van der Waals surface area (Å²) in [4.78, 5) is 31.6. The van der Waals surface area contributed by atoms with Crippen molar-refractivity contribution in [3.63, 3.8) is 0 Å². The van der Waals surface area contributed by atoms with Gasteiger partial charge in [0.2, 0.25) is 5.91 Å². The van der Waals surface area contributed by atoms with Crippen molar-refractivity contribution in [1.82, 2.24) is 15.2 Å². The number of ether oxygens (including phenoxy) is 1. The van der Waals surface area contributed by atoms with Gasteiger partial charge in [0.05, 0.1) is 25.2 Å². The molecule has 1 atom stereocenters. The molecule has 1 fully saturated rings. The zero-order valence-corrected chi connectivity index (χ0v) is 16.3. The highest BCUT2D eigenvalue weighted by Gasteiger charge is 2.26. The molecule has 0 spiro atoms. The van der Waals surface area contributed by atoms with Crippen LogP contribution in [0.25, 0.3) is 0 Å². The van der Waals surface area contributed by atoms with E-state index in [0.717, 1.165) is 38.5 Å². The molecule has 2 aromatic rings. The fraction of sp³-hybridized carbons (Fsp3) is 0.500. The van der Waals surface area contributed by atoms with E-state index in [0.29, 0.717) is 5.13 Å². The Morgan fingerprint density at radius 1 is 1.33 bits per heavy atom. The van der Waals surface area contributed by atoms with E-state index in [2.05, 4.69) is 20.5 Å². The first-order chi connectivity index (χ1) is 13.0. The Hall–Kier alpha value is -2.23. The van der Waals surface area contributed by atoms with Gasteiger partial charge in [0.25, 0.3) is 5.91 Å². The van der Waals surface area contributed by atoms with Gasteiger partial charge in [-0.2, -0.15) is 0 Å². The highest BCUT2D eigenvalue weighted by molar-refractivity contribution is 7.13. The second-order valence-electron chi connectivity index (χ2n) is 6.69. The number of thiazole rings is 1. The Labute approximate surface area is 161 Å². The fourth-order valence-corrected chi connectivity index (χ4v) is 3.47. The van der Waals surface area contributed by atoms with E-state index in [1.54, 1.807) is 12.1 Å². The van der Waals surface area contributed by atoms with E-state index in [1.165, 1.54) is 17.6 Å². The molecule has 0 radical (unpaired) electrons. The minimum Gasteiger partial charge on any atom is -0.459 e. The van der Waals surface area contributed by atoms with Crippen LogP contribution in [0.2, 0.25) is 0 Å². The van der Waals surface area contributed by atoms with Gasteiger partial charge in [0, 0.05) is 25.0 Å². The Morgan fingerprint density at radius 2 is 2.11 bits per heavy atom. The van der Waals surface area contributed by atoms with E-state index in [-0.39, 0.29) is 17.6 Å². The quantitative estimate of drug-likeness (QED) is 0.748. The summed E-state index contributed by atoms with van der Waals surface area (Å²) >= 11 is 1.38. The lowest BCUT2D eigenvalue weighted by atomic mass is 10.0. The predicted molar refractivity (Wildman–Crippen MR) is 102 cm³/mol. The van der Waals surface area contributed by atoms with Crippen LogP contribution in [-0.2, 0) is 16.1 Å². The molecule has 0 saturated carbocycles. The van der Waals surface area contributed by atoms with Gasteiger partial charge in [0.15, 0.2) is 10.9 Å². The van der Waals surface area contributed by atoms with E-state index < -0.39 is 11.9 Å². The van der Waals surface area contributed by atoms with Gasteiger partial charge in [-0.1, -0.05) is 13.8 Å². The maximum absolute atomic E-state index is 12.6. The molecule has 2 aromatic heterocycles. The Bertz CT molecular complexity index is 753. The molecule has 0 bridgehead atoms. The zero-order chi connectivity index (χ0) is 19.2. The summed E-state index contributed by atoms with van der Waals surface area (Å²) in [5, 5.41) is 8.00. The summed E-state index contributed by atoms with van der Waals surface area (Å²) in [5.74, 6) is -0.620. The minimum absolute atomic E-state index is 0.0864. The van der Waals surface area contributed by atoms with Crippen LogP contribution in [0.5, 0.6) is 0 Å². The number of morpholine rings is 1. The normalized spacial score (nSPS) is 16.3. The molecule has 8 nitrogen and oxygen atoms in total. The number of aromatic nitrogens is 1. The molecule has 3 heterocycles. The number of carbonyl (C=O) groups excluding carboxylic acids is 2. The van der Waals surface area contributed by atoms with Crippen LogP contribution < -0.4 is 10.6 Å². The lowest BCUT2D eigenvalue weighted by Gasteiger charge is -2.25. The van der Waals surface area contributed by atoms with Crippen molar-refractivity contribution in [2.24, 2.45) is 5.92 Å². The molecular formula is C18H24N4O4S. The van der Waals surface area contributed by atoms with Crippen molar-refractivity contribution in [2.45, 2.75) is 26.4 Å². The first-order valence-electron chi connectivity index (χ1n) is 8.92. The third kappa shape index (κ3) is 5.38. The highest BCUT2D eigenvalue weighted by atomic mass is 32.1. The molecule has 0 aromatic carbocycles. The monoisotopic (exact) mass is 392 g/mol. The van der Waals surface area contributed by atoms with E-state index in [9.17, 15) is 9.59 Å². The average Bonchev–Trinajstić information content (AvgIpc) is 3.32. The average molecular weight is 392 g/mol. The first-order valence-corrected chi connectivity index (χ1v) is 9.80. The van der Waals surface area contributed by atoms with Gasteiger partial charge in [-0.3, -0.25) is 14.5 Å². The van der Waals surface area contributed by atoms with Crippen molar-refractivity contribution >= 4 is 28.3 Å². The summed E-state index contributed by atoms with van der Waals surface area (Å²) in [6.07, 6.45) is 1.42. The van der Waals surface area contributed by atoms with Crippen LogP contribution in [-0.4, -0.2) is 54.0 Å². The van der Waals surface area contributed by atoms with E-state index in [4.69, 9.17) is 9.15 Å². The van der Waals surface area contributed by atoms with Crippen molar-refractivity contribution < 1.29 is 18.7 Å². The Morgan fingerprint density at radius 3 is 2.78 bits per heavy atom. The van der Waals surface area contributed by atoms with Crippen LogP contribution in [0, 0.1) is 5.92 Å². The molecular weight excluding hydrogens is 368 g/mol. The van der Waals surface area contributed by atoms with E-state index >= 15 is 0 Å². The second-order valence-corrected chi connectivity index (χ2v) is 7.55. The molecule has 1 aliphatic rings. The number of rotatable bonds is 7. The summed E-state index contributed by atoms with van der Waals surface area (Å²) in [7, 11) is 0. The summed E-state index contributed by atoms with van der Waals surface area (Å²) in [6.45, 7) is 7.72. The van der Waals surface area contributed by atoms with Crippen LogP contribution in [0.3, 0.4) is 0 Å². The van der Waals surface area contributed by atoms with Gasteiger partial charge < -0.3 is 19.8 Å². The van der Waals surface area contributed by atoms with Gasteiger partial charge in [-0.15, -0.1) is 11.3 Å². The third-order valence-corrected chi connectivity index (χ3v) is 5.06. The van der Waals surface area contributed by atoms with Gasteiger partial charge >= 0.3 is 0 Å². The molecule has 2 amide bonds. The largest absolute Gasteiger partial charge is 0.459 e. The maximum atomic E-state index is 12.6.